The fourth-order valence-electron chi connectivity index (χ4n) is 4.19. The highest BCUT2D eigenvalue weighted by atomic mass is 16.6. The zero-order chi connectivity index (χ0) is 17.4. The summed E-state index contributed by atoms with van der Waals surface area (Å²) in [6.45, 7) is 8.65. The van der Waals surface area contributed by atoms with Crippen LogP contribution in [-0.4, -0.2) is 48.1 Å². The number of carbonyl (C=O) groups is 1. The van der Waals surface area contributed by atoms with Crippen molar-refractivity contribution in [2.24, 2.45) is 11.3 Å². The first-order valence-electron chi connectivity index (χ1n) is 9.43. The second-order valence-corrected chi connectivity index (χ2v) is 9.42. The van der Waals surface area contributed by atoms with Gasteiger partial charge >= 0.3 is 0 Å². The predicted molar refractivity (Wildman–Crippen MR) is 91.6 cm³/mol. The Labute approximate surface area is 145 Å². The minimum atomic E-state index is -0.633. The SMILES string of the molecule is CC(C)(C)CCC1(O)CC(C(=O)NC2CCOC3(CCOC3)C2)C1. The van der Waals surface area contributed by atoms with Crippen LogP contribution in [0.2, 0.25) is 0 Å². The molecule has 1 saturated carbocycles. The second kappa shape index (κ2) is 6.58. The third kappa shape index (κ3) is 4.30. The summed E-state index contributed by atoms with van der Waals surface area (Å²) < 4.78 is 11.4. The summed E-state index contributed by atoms with van der Waals surface area (Å²) in [5.74, 6) is 0.0741. The first-order valence-corrected chi connectivity index (χ1v) is 9.43. The van der Waals surface area contributed by atoms with Gasteiger partial charge in [-0.2, -0.15) is 0 Å². The number of hydrogen-bond donors (Lipinski definition) is 2. The van der Waals surface area contributed by atoms with Gasteiger partial charge in [0.15, 0.2) is 0 Å². The van der Waals surface area contributed by atoms with Gasteiger partial charge in [-0.15, -0.1) is 0 Å². The Morgan fingerprint density at radius 3 is 2.62 bits per heavy atom. The summed E-state index contributed by atoms with van der Waals surface area (Å²) in [4.78, 5) is 12.5. The van der Waals surface area contributed by atoms with Crippen molar-refractivity contribution in [3.8, 4) is 0 Å². The molecule has 0 radical (unpaired) electrons. The molecule has 0 bridgehead atoms. The average Bonchev–Trinajstić information content (AvgIpc) is 2.89. The molecule has 2 atom stereocenters. The summed E-state index contributed by atoms with van der Waals surface area (Å²) in [5, 5.41) is 13.7. The topological polar surface area (TPSA) is 67.8 Å². The molecule has 2 unspecified atom stereocenters. The number of hydrogen-bond acceptors (Lipinski definition) is 4. The maximum Gasteiger partial charge on any atom is 0.223 e. The van der Waals surface area contributed by atoms with E-state index >= 15 is 0 Å². The van der Waals surface area contributed by atoms with Gasteiger partial charge in [-0.05, 0) is 43.9 Å². The molecule has 3 rings (SSSR count). The Morgan fingerprint density at radius 2 is 2.00 bits per heavy atom. The highest BCUT2D eigenvalue weighted by Crippen LogP contribution is 2.43. The third-order valence-electron chi connectivity index (χ3n) is 5.87. The summed E-state index contributed by atoms with van der Waals surface area (Å²) in [7, 11) is 0. The molecule has 24 heavy (non-hydrogen) atoms. The lowest BCUT2D eigenvalue weighted by Gasteiger charge is -2.45. The third-order valence-corrected chi connectivity index (χ3v) is 5.87. The van der Waals surface area contributed by atoms with E-state index in [0.717, 1.165) is 38.7 Å². The fourth-order valence-corrected chi connectivity index (χ4v) is 4.19. The number of rotatable bonds is 4. The fraction of sp³-hybridized carbons (Fsp3) is 0.947. The molecular formula is C19H33NO4. The lowest BCUT2D eigenvalue weighted by Crippen LogP contribution is -2.54. The van der Waals surface area contributed by atoms with Gasteiger partial charge in [-0.1, -0.05) is 20.8 Å². The zero-order valence-electron chi connectivity index (χ0n) is 15.4. The van der Waals surface area contributed by atoms with Crippen molar-refractivity contribution in [2.75, 3.05) is 19.8 Å². The number of nitrogens with one attached hydrogen (secondary N) is 1. The molecule has 1 aliphatic carbocycles. The standard InChI is InChI=1S/C19H33NO4/c1-17(2,3)5-6-18(22)10-14(11-18)16(21)20-15-4-8-24-19(12-15)7-9-23-13-19/h14-15,22H,4-13H2,1-3H3,(H,20,21). The molecule has 1 spiro atoms. The molecule has 0 aromatic rings. The van der Waals surface area contributed by atoms with Crippen LogP contribution in [0.4, 0.5) is 0 Å². The first kappa shape index (κ1) is 18.2. The van der Waals surface area contributed by atoms with Gasteiger partial charge in [0.2, 0.25) is 5.91 Å². The van der Waals surface area contributed by atoms with Gasteiger partial charge in [0.05, 0.1) is 17.8 Å². The summed E-state index contributed by atoms with van der Waals surface area (Å²) >= 11 is 0. The molecule has 5 heteroatoms. The predicted octanol–water partition coefficient (Wildman–Crippen LogP) is 2.41. The Kier molecular flexibility index (Phi) is 4.98. The minimum absolute atomic E-state index is 0.0337. The van der Waals surface area contributed by atoms with E-state index in [0.29, 0.717) is 26.1 Å². The number of carbonyl (C=O) groups excluding carboxylic acids is 1. The van der Waals surface area contributed by atoms with Gasteiger partial charge in [0, 0.05) is 31.6 Å². The van der Waals surface area contributed by atoms with Crippen molar-refractivity contribution in [3.05, 3.63) is 0 Å². The Bertz CT molecular complexity index is 458. The molecule has 5 nitrogen and oxygen atoms in total. The van der Waals surface area contributed by atoms with Crippen LogP contribution >= 0.6 is 0 Å². The van der Waals surface area contributed by atoms with Crippen molar-refractivity contribution in [3.63, 3.8) is 0 Å². The van der Waals surface area contributed by atoms with Crippen LogP contribution in [-0.2, 0) is 14.3 Å². The normalized spacial score (nSPS) is 39.7. The van der Waals surface area contributed by atoms with Gasteiger partial charge in [0.25, 0.3) is 0 Å². The molecule has 2 saturated heterocycles. The van der Waals surface area contributed by atoms with Crippen molar-refractivity contribution in [1.82, 2.24) is 5.32 Å². The smallest absolute Gasteiger partial charge is 0.223 e. The van der Waals surface area contributed by atoms with E-state index in [4.69, 9.17) is 9.47 Å². The van der Waals surface area contributed by atoms with E-state index < -0.39 is 5.60 Å². The van der Waals surface area contributed by atoms with Gasteiger partial charge in [-0.25, -0.2) is 0 Å². The molecule has 3 fully saturated rings. The molecule has 2 N–H and O–H groups in total. The van der Waals surface area contributed by atoms with Crippen molar-refractivity contribution < 1.29 is 19.4 Å². The quantitative estimate of drug-likeness (QED) is 0.825. The lowest BCUT2D eigenvalue weighted by molar-refractivity contribution is -0.146. The van der Waals surface area contributed by atoms with Crippen LogP contribution in [0.25, 0.3) is 0 Å². The van der Waals surface area contributed by atoms with Gasteiger partial charge in [-0.3, -0.25) is 4.79 Å². The van der Waals surface area contributed by atoms with Crippen molar-refractivity contribution in [1.29, 1.82) is 0 Å². The zero-order valence-corrected chi connectivity index (χ0v) is 15.4. The van der Waals surface area contributed by atoms with Crippen molar-refractivity contribution >= 4 is 5.91 Å². The number of amides is 1. The second-order valence-electron chi connectivity index (χ2n) is 9.42. The summed E-state index contributed by atoms with van der Waals surface area (Å²) in [6, 6.07) is 0.177. The van der Waals surface area contributed by atoms with Crippen LogP contribution in [0.15, 0.2) is 0 Å². The van der Waals surface area contributed by atoms with E-state index in [-0.39, 0.29) is 28.9 Å². The van der Waals surface area contributed by atoms with E-state index in [1.165, 1.54) is 0 Å². The highest BCUT2D eigenvalue weighted by Gasteiger charge is 2.47. The Balaban J connectivity index is 1.43. The molecule has 1 amide bonds. The molecule has 0 aromatic heterocycles. The number of aliphatic hydroxyl groups is 1. The number of ether oxygens (including phenoxy) is 2. The molecule has 138 valence electrons. The molecule has 2 heterocycles. The Morgan fingerprint density at radius 1 is 1.25 bits per heavy atom. The highest BCUT2D eigenvalue weighted by molar-refractivity contribution is 5.80. The van der Waals surface area contributed by atoms with E-state index in [9.17, 15) is 9.90 Å². The molecular weight excluding hydrogens is 306 g/mol. The minimum Gasteiger partial charge on any atom is -0.390 e. The maximum atomic E-state index is 12.5. The monoisotopic (exact) mass is 339 g/mol. The van der Waals surface area contributed by atoms with Crippen LogP contribution in [0, 0.1) is 11.3 Å². The molecule has 0 aromatic carbocycles. The molecule has 3 aliphatic rings. The van der Waals surface area contributed by atoms with Crippen LogP contribution in [0.5, 0.6) is 0 Å². The van der Waals surface area contributed by atoms with Crippen molar-refractivity contribution in [2.45, 2.75) is 83.0 Å². The average molecular weight is 339 g/mol. The largest absolute Gasteiger partial charge is 0.390 e. The van der Waals surface area contributed by atoms with Gasteiger partial charge < -0.3 is 19.9 Å². The van der Waals surface area contributed by atoms with Gasteiger partial charge in [0.1, 0.15) is 0 Å². The molecule has 2 aliphatic heterocycles. The summed E-state index contributed by atoms with van der Waals surface area (Å²) in [6.07, 6.45) is 5.63. The van der Waals surface area contributed by atoms with E-state index in [2.05, 4.69) is 26.1 Å². The van der Waals surface area contributed by atoms with Crippen LogP contribution < -0.4 is 5.32 Å². The Hall–Kier alpha value is -0.650. The van der Waals surface area contributed by atoms with Crippen LogP contribution in [0.1, 0.15) is 65.7 Å². The van der Waals surface area contributed by atoms with E-state index in [1.807, 2.05) is 0 Å². The first-order chi connectivity index (χ1) is 11.2. The maximum absolute atomic E-state index is 12.5. The van der Waals surface area contributed by atoms with Crippen LogP contribution in [0.3, 0.4) is 0 Å². The van der Waals surface area contributed by atoms with E-state index in [1.54, 1.807) is 0 Å². The summed E-state index contributed by atoms with van der Waals surface area (Å²) in [5.41, 5.74) is -0.586. The lowest BCUT2D eigenvalue weighted by atomic mass is 9.66.